The molecule has 26 heavy (non-hydrogen) atoms. The van der Waals surface area contributed by atoms with Crippen molar-refractivity contribution >= 4 is 29.1 Å². The Balaban J connectivity index is 1.39. The summed E-state index contributed by atoms with van der Waals surface area (Å²) in [5, 5.41) is 5.27. The summed E-state index contributed by atoms with van der Waals surface area (Å²) in [5.41, 5.74) is 4.65. The van der Waals surface area contributed by atoms with Gasteiger partial charge in [0.05, 0.1) is 18.2 Å². The van der Waals surface area contributed by atoms with Crippen LogP contribution in [0.25, 0.3) is 0 Å². The van der Waals surface area contributed by atoms with Crippen molar-refractivity contribution in [3.8, 4) is 0 Å². The lowest BCUT2D eigenvalue weighted by Crippen LogP contribution is -2.36. The van der Waals surface area contributed by atoms with Crippen molar-refractivity contribution < 1.29 is 18.8 Å². The predicted molar refractivity (Wildman–Crippen MR) is 94.9 cm³/mol. The Hall–Kier alpha value is -3.09. The zero-order valence-electron chi connectivity index (χ0n) is 14.2. The van der Waals surface area contributed by atoms with Gasteiger partial charge in [0.2, 0.25) is 5.91 Å². The number of anilines is 2. The zero-order valence-corrected chi connectivity index (χ0v) is 14.2. The molecule has 0 spiro atoms. The van der Waals surface area contributed by atoms with E-state index in [2.05, 4.69) is 10.6 Å². The number of hydrogen-bond donors (Lipinski definition) is 2. The maximum atomic E-state index is 12.1. The number of hydrogen-bond acceptors (Lipinski definition) is 4. The predicted octanol–water partition coefficient (Wildman–Crippen LogP) is 1.41. The highest BCUT2D eigenvalue weighted by Gasteiger charge is 2.31. The van der Waals surface area contributed by atoms with Gasteiger partial charge in [0.15, 0.2) is 0 Å². The van der Waals surface area contributed by atoms with Gasteiger partial charge < -0.3 is 20.0 Å². The first-order valence-electron chi connectivity index (χ1n) is 8.68. The lowest BCUT2D eigenvalue weighted by atomic mass is 9.98. The van der Waals surface area contributed by atoms with E-state index in [1.54, 1.807) is 12.5 Å². The molecule has 2 N–H and O–H groups in total. The number of carbonyl (C=O) groups is 3. The van der Waals surface area contributed by atoms with Crippen LogP contribution in [0.2, 0.25) is 0 Å². The van der Waals surface area contributed by atoms with Crippen molar-refractivity contribution in [2.24, 2.45) is 0 Å². The molecule has 0 fully saturated rings. The van der Waals surface area contributed by atoms with E-state index in [0.29, 0.717) is 38.0 Å². The van der Waals surface area contributed by atoms with Crippen LogP contribution in [0, 0.1) is 0 Å². The Morgan fingerprint density at radius 2 is 1.92 bits per heavy atom. The maximum Gasteiger partial charge on any atom is 0.313 e. The first-order valence-corrected chi connectivity index (χ1v) is 8.68. The highest BCUT2D eigenvalue weighted by molar-refractivity contribution is 6.39. The molecule has 0 saturated carbocycles. The van der Waals surface area contributed by atoms with Gasteiger partial charge >= 0.3 is 11.8 Å². The van der Waals surface area contributed by atoms with E-state index in [-0.39, 0.29) is 5.91 Å². The van der Waals surface area contributed by atoms with Crippen LogP contribution in [-0.4, -0.2) is 30.8 Å². The zero-order chi connectivity index (χ0) is 18.1. The first-order chi connectivity index (χ1) is 12.6. The Bertz CT molecular complexity index is 873. The summed E-state index contributed by atoms with van der Waals surface area (Å²) in [6.45, 7) is 1.05. The van der Waals surface area contributed by atoms with Gasteiger partial charge in [0.25, 0.3) is 0 Å². The van der Waals surface area contributed by atoms with Crippen molar-refractivity contribution in [1.29, 1.82) is 0 Å². The molecule has 7 nitrogen and oxygen atoms in total. The van der Waals surface area contributed by atoms with E-state index in [1.165, 1.54) is 0 Å². The third-order valence-corrected chi connectivity index (χ3v) is 4.80. The summed E-state index contributed by atoms with van der Waals surface area (Å²) in [5.74, 6) is -1.20. The molecule has 4 rings (SSSR count). The largest absolute Gasteiger partial charge is 0.472 e. The topological polar surface area (TPSA) is 91.7 Å². The van der Waals surface area contributed by atoms with Gasteiger partial charge in [0.1, 0.15) is 0 Å². The number of nitrogens with one attached hydrogen (secondary N) is 2. The molecule has 0 radical (unpaired) electrons. The SMILES string of the molecule is O=C(NCCc1ccoc1)C(=O)Nc1cc2c3c(c1)CCN3C(=O)CC2. The fourth-order valence-corrected chi connectivity index (χ4v) is 3.55. The number of nitrogens with zero attached hydrogens (tertiary/aromatic N) is 1. The fraction of sp³-hybridized carbons (Fsp3) is 0.316. The second kappa shape index (κ2) is 6.67. The molecule has 0 aliphatic carbocycles. The van der Waals surface area contributed by atoms with Crippen LogP contribution in [0.5, 0.6) is 0 Å². The minimum absolute atomic E-state index is 0.157. The Labute approximate surface area is 150 Å². The molecule has 0 unspecified atom stereocenters. The molecule has 1 aromatic heterocycles. The molecular formula is C19H19N3O4. The standard InChI is InChI=1S/C19H19N3O4/c23-16-2-1-13-9-15(10-14-4-7-22(16)17(13)14)21-19(25)18(24)20-6-3-12-5-8-26-11-12/h5,8-11H,1-4,6-7H2,(H,20,24)(H,21,25). The van der Waals surface area contributed by atoms with E-state index in [9.17, 15) is 14.4 Å². The quantitative estimate of drug-likeness (QED) is 0.813. The Morgan fingerprint density at radius 3 is 2.69 bits per heavy atom. The molecule has 2 aliphatic rings. The molecule has 2 aliphatic heterocycles. The van der Waals surface area contributed by atoms with E-state index in [4.69, 9.17) is 4.42 Å². The summed E-state index contributed by atoms with van der Waals surface area (Å²) < 4.78 is 4.96. The first kappa shape index (κ1) is 16.4. The van der Waals surface area contributed by atoms with Gasteiger partial charge in [-0.25, -0.2) is 0 Å². The number of carbonyl (C=O) groups excluding carboxylic acids is 3. The molecule has 3 heterocycles. The third-order valence-electron chi connectivity index (χ3n) is 4.80. The van der Waals surface area contributed by atoms with Crippen LogP contribution in [0.3, 0.4) is 0 Å². The summed E-state index contributed by atoms with van der Waals surface area (Å²) >= 11 is 0. The Morgan fingerprint density at radius 1 is 1.12 bits per heavy atom. The van der Waals surface area contributed by atoms with Crippen molar-refractivity contribution in [2.75, 3.05) is 23.3 Å². The van der Waals surface area contributed by atoms with Gasteiger partial charge in [0, 0.05) is 25.2 Å². The minimum atomic E-state index is -0.689. The number of benzene rings is 1. The van der Waals surface area contributed by atoms with Crippen molar-refractivity contribution in [3.05, 3.63) is 47.4 Å². The maximum absolute atomic E-state index is 12.1. The van der Waals surface area contributed by atoms with Gasteiger partial charge in [-0.05, 0) is 54.2 Å². The van der Waals surface area contributed by atoms with Crippen LogP contribution >= 0.6 is 0 Å². The molecule has 0 saturated heterocycles. The lowest BCUT2D eigenvalue weighted by molar-refractivity contribution is -0.136. The van der Waals surface area contributed by atoms with Crippen molar-refractivity contribution in [2.45, 2.75) is 25.7 Å². The van der Waals surface area contributed by atoms with Crippen LogP contribution in [0.1, 0.15) is 23.1 Å². The second-order valence-electron chi connectivity index (χ2n) is 6.53. The normalized spacial score (nSPS) is 14.9. The van der Waals surface area contributed by atoms with Crippen LogP contribution in [-0.2, 0) is 33.6 Å². The molecule has 0 bridgehead atoms. The average molecular weight is 353 g/mol. The number of aryl methyl sites for hydroxylation is 1. The molecule has 3 amide bonds. The smallest absolute Gasteiger partial charge is 0.313 e. The molecule has 0 atom stereocenters. The highest BCUT2D eigenvalue weighted by atomic mass is 16.3. The number of amides is 3. The number of rotatable bonds is 4. The lowest BCUT2D eigenvalue weighted by Gasteiger charge is -2.25. The average Bonchev–Trinajstić information content (AvgIpc) is 3.28. The van der Waals surface area contributed by atoms with Gasteiger partial charge in [-0.2, -0.15) is 0 Å². The van der Waals surface area contributed by atoms with Gasteiger partial charge in [-0.15, -0.1) is 0 Å². The van der Waals surface area contributed by atoms with Crippen molar-refractivity contribution in [1.82, 2.24) is 5.32 Å². The molecular weight excluding hydrogens is 334 g/mol. The van der Waals surface area contributed by atoms with E-state index in [0.717, 1.165) is 28.8 Å². The summed E-state index contributed by atoms with van der Waals surface area (Å²) in [6.07, 6.45) is 5.70. The van der Waals surface area contributed by atoms with Crippen LogP contribution in [0.15, 0.2) is 35.1 Å². The highest BCUT2D eigenvalue weighted by Crippen LogP contribution is 2.38. The summed E-state index contributed by atoms with van der Waals surface area (Å²) in [6, 6.07) is 5.53. The Kier molecular flexibility index (Phi) is 4.20. The number of furan rings is 1. The fourth-order valence-electron chi connectivity index (χ4n) is 3.55. The van der Waals surface area contributed by atoms with E-state index in [1.807, 2.05) is 23.1 Å². The molecule has 7 heteroatoms. The molecule has 2 aromatic rings. The van der Waals surface area contributed by atoms with Crippen molar-refractivity contribution in [3.63, 3.8) is 0 Å². The van der Waals surface area contributed by atoms with Crippen LogP contribution in [0.4, 0.5) is 11.4 Å². The van der Waals surface area contributed by atoms with E-state index < -0.39 is 11.8 Å². The summed E-state index contributed by atoms with van der Waals surface area (Å²) in [7, 11) is 0. The van der Waals surface area contributed by atoms with Crippen LogP contribution < -0.4 is 15.5 Å². The van der Waals surface area contributed by atoms with Gasteiger partial charge in [-0.3, -0.25) is 14.4 Å². The third kappa shape index (κ3) is 3.08. The molecule has 1 aromatic carbocycles. The molecule has 134 valence electrons. The second-order valence-corrected chi connectivity index (χ2v) is 6.53. The van der Waals surface area contributed by atoms with Gasteiger partial charge in [-0.1, -0.05) is 0 Å². The van der Waals surface area contributed by atoms with E-state index >= 15 is 0 Å². The summed E-state index contributed by atoms with van der Waals surface area (Å²) in [4.78, 5) is 37.9. The minimum Gasteiger partial charge on any atom is -0.472 e. The monoisotopic (exact) mass is 353 g/mol.